The lowest BCUT2D eigenvalue weighted by Crippen LogP contribution is -2.56. The molecule has 18 heavy (non-hydrogen) atoms. The minimum Gasteiger partial charge on any atom is -0.376 e. The van der Waals surface area contributed by atoms with Crippen LogP contribution in [0.5, 0.6) is 0 Å². The Morgan fingerprint density at radius 2 is 2.22 bits per heavy atom. The lowest BCUT2D eigenvalue weighted by molar-refractivity contribution is -0.124. The summed E-state index contributed by atoms with van der Waals surface area (Å²) in [4.78, 5) is 13.9. The van der Waals surface area contributed by atoms with Gasteiger partial charge >= 0.3 is 0 Å². The molecule has 5 heteroatoms. The maximum atomic E-state index is 11.5. The van der Waals surface area contributed by atoms with Crippen LogP contribution >= 0.6 is 0 Å². The number of likely N-dealkylation sites (N-methyl/N-ethyl adjacent to an activating group) is 1. The zero-order valence-electron chi connectivity index (χ0n) is 12.0. The molecule has 0 spiro atoms. The van der Waals surface area contributed by atoms with E-state index in [4.69, 9.17) is 10.5 Å². The Balaban J connectivity index is 2.53. The summed E-state index contributed by atoms with van der Waals surface area (Å²) in [6.45, 7) is 11.4. The van der Waals surface area contributed by atoms with Crippen molar-refractivity contribution in [1.82, 2.24) is 10.2 Å². The highest BCUT2D eigenvalue weighted by atomic mass is 16.5. The standard InChI is InChI=1S/C13H27N3O2/c1-5-15-13(4,12(14)17)6-7-16-8-11(3)18-9-10(16)2/h10-11,15H,5-9H2,1-4H3,(H2,14,17). The highest BCUT2D eigenvalue weighted by molar-refractivity contribution is 5.84. The molecule has 5 nitrogen and oxygen atoms in total. The third kappa shape index (κ3) is 3.93. The summed E-state index contributed by atoms with van der Waals surface area (Å²) in [7, 11) is 0. The molecule has 0 aromatic carbocycles. The van der Waals surface area contributed by atoms with Crippen LogP contribution in [0.3, 0.4) is 0 Å². The number of nitrogens with two attached hydrogens (primary N) is 1. The van der Waals surface area contributed by atoms with Gasteiger partial charge in [0.25, 0.3) is 0 Å². The van der Waals surface area contributed by atoms with Crippen molar-refractivity contribution >= 4 is 5.91 Å². The summed E-state index contributed by atoms with van der Waals surface area (Å²) in [6, 6.07) is 0.403. The summed E-state index contributed by atoms with van der Waals surface area (Å²) < 4.78 is 5.60. The molecule has 0 radical (unpaired) electrons. The number of primary amides is 1. The summed E-state index contributed by atoms with van der Waals surface area (Å²) in [5.74, 6) is -0.279. The molecule has 106 valence electrons. The predicted molar refractivity (Wildman–Crippen MR) is 72.3 cm³/mol. The van der Waals surface area contributed by atoms with Crippen LogP contribution in [0.15, 0.2) is 0 Å². The highest BCUT2D eigenvalue weighted by Gasteiger charge is 2.32. The van der Waals surface area contributed by atoms with Crippen molar-refractivity contribution in [2.45, 2.75) is 51.8 Å². The van der Waals surface area contributed by atoms with E-state index in [0.29, 0.717) is 6.04 Å². The number of morpholine rings is 1. The molecule has 0 saturated carbocycles. The second-order valence-electron chi connectivity index (χ2n) is 5.46. The van der Waals surface area contributed by atoms with Gasteiger partial charge in [0, 0.05) is 19.1 Å². The molecule has 1 saturated heterocycles. The van der Waals surface area contributed by atoms with Gasteiger partial charge in [0.05, 0.1) is 18.2 Å². The van der Waals surface area contributed by atoms with Gasteiger partial charge in [0.2, 0.25) is 5.91 Å². The Morgan fingerprint density at radius 3 is 2.78 bits per heavy atom. The van der Waals surface area contributed by atoms with Gasteiger partial charge in [-0.25, -0.2) is 0 Å². The van der Waals surface area contributed by atoms with Crippen molar-refractivity contribution in [3.8, 4) is 0 Å². The summed E-state index contributed by atoms with van der Waals surface area (Å²) in [5.41, 5.74) is 4.87. The number of nitrogens with zero attached hydrogens (tertiary/aromatic N) is 1. The van der Waals surface area contributed by atoms with E-state index in [0.717, 1.165) is 32.7 Å². The number of carbonyl (C=O) groups excluding carboxylic acids is 1. The van der Waals surface area contributed by atoms with Crippen LogP contribution in [0.2, 0.25) is 0 Å². The van der Waals surface area contributed by atoms with Gasteiger partial charge in [-0.05, 0) is 33.7 Å². The molecule has 0 aromatic heterocycles. The van der Waals surface area contributed by atoms with Gasteiger partial charge in [-0.2, -0.15) is 0 Å². The normalized spacial score (nSPS) is 28.9. The van der Waals surface area contributed by atoms with Crippen LogP contribution in [0, 0.1) is 0 Å². The average Bonchev–Trinajstić information content (AvgIpc) is 2.30. The smallest absolute Gasteiger partial charge is 0.237 e. The van der Waals surface area contributed by atoms with E-state index in [1.54, 1.807) is 0 Å². The molecule has 3 unspecified atom stereocenters. The Bertz CT molecular complexity index is 285. The fraction of sp³-hybridized carbons (Fsp3) is 0.923. The van der Waals surface area contributed by atoms with Crippen LogP contribution in [0.4, 0.5) is 0 Å². The third-order valence-electron chi connectivity index (χ3n) is 3.75. The fourth-order valence-corrected chi connectivity index (χ4v) is 2.34. The second kappa shape index (κ2) is 6.50. The second-order valence-corrected chi connectivity index (χ2v) is 5.46. The summed E-state index contributed by atoms with van der Waals surface area (Å²) in [5, 5.41) is 3.19. The summed E-state index contributed by atoms with van der Waals surface area (Å²) >= 11 is 0. The zero-order valence-corrected chi connectivity index (χ0v) is 12.0. The van der Waals surface area contributed by atoms with Crippen molar-refractivity contribution in [2.24, 2.45) is 5.73 Å². The van der Waals surface area contributed by atoms with Crippen molar-refractivity contribution in [3.63, 3.8) is 0 Å². The van der Waals surface area contributed by atoms with E-state index < -0.39 is 5.54 Å². The Morgan fingerprint density at radius 1 is 1.56 bits per heavy atom. The van der Waals surface area contributed by atoms with Gasteiger partial charge in [-0.1, -0.05) is 6.92 Å². The quantitative estimate of drug-likeness (QED) is 0.720. The van der Waals surface area contributed by atoms with Crippen molar-refractivity contribution in [3.05, 3.63) is 0 Å². The van der Waals surface area contributed by atoms with Crippen LogP contribution in [0.1, 0.15) is 34.1 Å². The van der Waals surface area contributed by atoms with E-state index in [1.807, 2.05) is 13.8 Å². The molecule has 1 amide bonds. The van der Waals surface area contributed by atoms with Gasteiger partial charge in [-0.15, -0.1) is 0 Å². The molecular formula is C13H27N3O2. The lowest BCUT2D eigenvalue weighted by Gasteiger charge is -2.38. The largest absolute Gasteiger partial charge is 0.376 e. The van der Waals surface area contributed by atoms with Crippen molar-refractivity contribution in [2.75, 3.05) is 26.2 Å². The fourth-order valence-electron chi connectivity index (χ4n) is 2.34. The van der Waals surface area contributed by atoms with Crippen molar-refractivity contribution in [1.29, 1.82) is 0 Å². The van der Waals surface area contributed by atoms with E-state index in [1.165, 1.54) is 0 Å². The molecule has 0 aromatic rings. The van der Waals surface area contributed by atoms with Crippen LogP contribution in [0.25, 0.3) is 0 Å². The molecule has 1 rings (SSSR count). The number of hydrogen-bond acceptors (Lipinski definition) is 4. The minimum atomic E-state index is -0.615. The Kier molecular flexibility index (Phi) is 5.56. The van der Waals surface area contributed by atoms with E-state index in [2.05, 4.69) is 24.1 Å². The molecule has 0 aliphatic carbocycles. The first-order valence-corrected chi connectivity index (χ1v) is 6.79. The zero-order chi connectivity index (χ0) is 13.8. The van der Waals surface area contributed by atoms with E-state index in [-0.39, 0.29) is 12.0 Å². The lowest BCUT2D eigenvalue weighted by atomic mass is 9.96. The van der Waals surface area contributed by atoms with E-state index >= 15 is 0 Å². The van der Waals surface area contributed by atoms with Gasteiger partial charge in [-0.3, -0.25) is 9.69 Å². The molecule has 1 fully saturated rings. The van der Waals surface area contributed by atoms with Crippen LogP contribution < -0.4 is 11.1 Å². The number of rotatable bonds is 6. The number of hydrogen-bond donors (Lipinski definition) is 2. The molecule has 3 atom stereocenters. The van der Waals surface area contributed by atoms with Gasteiger partial charge < -0.3 is 15.8 Å². The maximum absolute atomic E-state index is 11.5. The van der Waals surface area contributed by atoms with Crippen molar-refractivity contribution < 1.29 is 9.53 Å². The number of nitrogens with one attached hydrogen (secondary N) is 1. The highest BCUT2D eigenvalue weighted by Crippen LogP contribution is 2.16. The Hall–Kier alpha value is -0.650. The molecule has 1 aliphatic rings. The van der Waals surface area contributed by atoms with Crippen LogP contribution in [-0.4, -0.2) is 54.7 Å². The van der Waals surface area contributed by atoms with Crippen LogP contribution in [-0.2, 0) is 9.53 Å². The number of carbonyl (C=O) groups is 1. The molecule has 0 bridgehead atoms. The molecule has 1 heterocycles. The first-order valence-electron chi connectivity index (χ1n) is 6.79. The molecule has 3 N–H and O–H groups in total. The molecular weight excluding hydrogens is 230 g/mol. The SMILES string of the molecule is CCNC(C)(CCN1CC(C)OCC1C)C(N)=O. The summed E-state index contributed by atoms with van der Waals surface area (Å²) in [6.07, 6.45) is 0.993. The first kappa shape index (κ1) is 15.4. The number of amides is 1. The van der Waals surface area contributed by atoms with Gasteiger partial charge in [0.15, 0.2) is 0 Å². The number of ether oxygens (including phenoxy) is 1. The first-order chi connectivity index (χ1) is 8.39. The molecule has 1 aliphatic heterocycles. The van der Waals surface area contributed by atoms with E-state index in [9.17, 15) is 4.79 Å². The predicted octanol–water partition coefficient (Wildman–Crippen LogP) is 0.339. The third-order valence-corrected chi connectivity index (χ3v) is 3.75. The minimum absolute atomic E-state index is 0.264. The average molecular weight is 257 g/mol. The monoisotopic (exact) mass is 257 g/mol. The van der Waals surface area contributed by atoms with Gasteiger partial charge in [0.1, 0.15) is 0 Å². The Labute approximate surface area is 110 Å². The topological polar surface area (TPSA) is 67.6 Å². The maximum Gasteiger partial charge on any atom is 0.237 e.